The van der Waals surface area contributed by atoms with Gasteiger partial charge in [0.25, 0.3) is 5.91 Å². The van der Waals surface area contributed by atoms with Crippen LogP contribution in [0.2, 0.25) is 0 Å². The third kappa shape index (κ3) is 6.02. The summed E-state index contributed by atoms with van der Waals surface area (Å²) in [5.41, 5.74) is 2.88. The summed E-state index contributed by atoms with van der Waals surface area (Å²) in [4.78, 5) is 42.3. The van der Waals surface area contributed by atoms with Crippen LogP contribution in [0.5, 0.6) is 0 Å². The van der Waals surface area contributed by atoms with E-state index in [4.69, 9.17) is 0 Å². The maximum Gasteiger partial charge on any atom is 0.319 e. The number of amides is 4. The number of hydrogen-bond donors (Lipinski definition) is 2. The molecule has 2 fully saturated rings. The van der Waals surface area contributed by atoms with Gasteiger partial charge < -0.3 is 20.4 Å². The van der Waals surface area contributed by atoms with E-state index in [9.17, 15) is 14.4 Å². The number of para-hydroxylation sites is 2. The highest BCUT2D eigenvalue weighted by Gasteiger charge is 2.30. The van der Waals surface area contributed by atoms with E-state index < -0.39 is 0 Å². The van der Waals surface area contributed by atoms with E-state index in [2.05, 4.69) is 31.4 Å². The molecule has 0 unspecified atom stereocenters. The van der Waals surface area contributed by atoms with Crippen molar-refractivity contribution in [3.05, 3.63) is 59.7 Å². The Morgan fingerprint density at radius 3 is 1.89 bits per heavy atom. The fraction of sp³-hybridized carbons (Fsp3) is 0.464. The Morgan fingerprint density at radius 1 is 0.771 bits per heavy atom. The smallest absolute Gasteiger partial charge is 0.319 e. The minimum absolute atomic E-state index is 0.0174. The Hall–Kier alpha value is -3.35. The Labute approximate surface area is 207 Å². The lowest BCUT2D eigenvalue weighted by atomic mass is 9.87. The van der Waals surface area contributed by atoms with Gasteiger partial charge in [0.1, 0.15) is 0 Å². The van der Waals surface area contributed by atoms with Crippen molar-refractivity contribution in [3.63, 3.8) is 0 Å². The highest BCUT2D eigenvalue weighted by Crippen LogP contribution is 2.27. The van der Waals surface area contributed by atoms with Gasteiger partial charge >= 0.3 is 6.03 Å². The number of urea groups is 1. The van der Waals surface area contributed by atoms with Gasteiger partial charge in [0.15, 0.2) is 0 Å². The minimum atomic E-state index is -0.221. The summed E-state index contributed by atoms with van der Waals surface area (Å²) in [6, 6.07) is 15.0. The predicted molar refractivity (Wildman–Crippen MR) is 139 cm³/mol. The molecule has 7 nitrogen and oxygen atoms in total. The highest BCUT2D eigenvalue weighted by atomic mass is 16.2. The molecular weight excluding hydrogens is 440 g/mol. The normalized spacial score (nSPS) is 16.8. The third-order valence-corrected chi connectivity index (χ3v) is 6.96. The quantitative estimate of drug-likeness (QED) is 0.644. The molecule has 7 heteroatoms. The van der Waals surface area contributed by atoms with E-state index in [1.54, 1.807) is 12.1 Å². The van der Waals surface area contributed by atoms with Crippen LogP contribution in [0.25, 0.3) is 0 Å². The van der Waals surface area contributed by atoms with Gasteiger partial charge in [-0.2, -0.15) is 0 Å². The van der Waals surface area contributed by atoms with E-state index in [-0.39, 0.29) is 29.2 Å². The van der Waals surface area contributed by atoms with Crippen molar-refractivity contribution in [1.29, 1.82) is 0 Å². The molecule has 0 atom stereocenters. The summed E-state index contributed by atoms with van der Waals surface area (Å²) in [6.45, 7) is 9.26. The van der Waals surface area contributed by atoms with Gasteiger partial charge in [0.05, 0.1) is 11.4 Å². The number of hydrogen-bond acceptors (Lipinski definition) is 3. The number of anilines is 2. The SMILES string of the molecule is CC(C)(C)c1ccc(C(=O)Nc2ccccc2NC(=O)C2CCN(C(=O)N3CCCC3)CC2)cc1. The van der Waals surface area contributed by atoms with Crippen LogP contribution in [0.4, 0.5) is 16.2 Å². The Bertz CT molecular complexity index is 1060. The number of nitrogens with zero attached hydrogens (tertiary/aromatic N) is 2. The molecule has 4 amide bonds. The van der Waals surface area contributed by atoms with Gasteiger partial charge in [0, 0.05) is 37.7 Å². The monoisotopic (exact) mass is 476 g/mol. The Morgan fingerprint density at radius 2 is 1.31 bits per heavy atom. The van der Waals surface area contributed by atoms with E-state index in [1.807, 2.05) is 46.2 Å². The van der Waals surface area contributed by atoms with E-state index >= 15 is 0 Å². The van der Waals surface area contributed by atoms with Gasteiger partial charge in [-0.15, -0.1) is 0 Å². The molecule has 0 saturated carbocycles. The maximum absolute atomic E-state index is 13.0. The summed E-state index contributed by atoms with van der Waals surface area (Å²) >= 11 is 0. The second-order valence-corrected chi connectivity index (χ2v) is 10.6. The molecule has 2 aromatic rings. The van der Waals surface area contributed by atoms with E-state index in [0.29, 0.717) is 42.9 Å². The number of piperidine rings is 1. The summed E-state index contributed by atoms with van der Waals surface area (Å²) in [5.74, 6) is -0.457. The molecule has 2 aliphatic rings. The zero-order valence-corrected chi connectivity index (χ0v) is 21.0. The zero-order chi connectivity index (χ0) is 25.0. The van der Waals surface area contributed by atoms with Crippen molar-refractivity contribution in [1.82, 2.24) is 9.80 Å². The summed E-state index contributed by atoms with van der Waals surface area (Å²) in [6.07, 6.45) is 3.42. The molecule has 186 valence electrons. The van der Waals surface area contributed by atoms with Gasteiger partial charge in [-0.3, -0.25) is 9.59 Å². The molecule has 4 rings (SSSR count). The lowest BCUT2D eigenvalue weighted by Crippen LogP contribution is -2.47. The van der Waals surface area contributed by atoms with Gasteiger partial charge in [-0.1, -0.05) is 45.0 Å². The van der Waals surface area contributed by atoms with Crippen LogP contribution in [0.3, 0.4) is 0 Å². The number of rotatable bonds is 4. The van der Waals surface area contributed by atoms with Crippen LogP contribution in [0.1, 0.15) is 62.4 Å². The molecule has 2 aliphatic heterocycles. The molecule has 2 N–H and O–H groups in total. The number of carbonyl (C=O) groups is 3. The molecule has 0 spiro atoms. The van der Waals surface area contributed by atoms with Crippen molar-refractivity contribution in [3.8, 4) is 0 Å². The third-order valence-electron chi connectivity index (χ3n) is 6.96. The minimum Gasteiger partial charge on any atom is -0.325 e. The Balaban J connectivity index is 1.34. The fourth-order valence-corrected chi connectivity index (χ4v) is 4.69. The first-order valence-electron chi connectivity index (χ1n) is 12.6. The van der Waals surface area contributed by atoms with Gasteiger partial charge in [-0.05, 0) is 60.9 Å². The van der Waals surface area contributed by atoms with Gasteiger partial charge in [-0.25, -0.2) is 4.79 Å². The van der Waals surface area contributed by atoms with Crippen LogP contribution in [0.15, 0.2) is 48.5 Å². The topological polar surface area (TPSA) is 81.8 Å². The number of benzene rings is 2. The first kappa shape index (κ1) is 24.8. The molecule has 35 heavy (non-hydrogen) atoms. The van der Waals surface area contributed by atoms with Gasteiger partial charge in [0.2, 0.25) is 5.91 Å². The first-order valence-corrected chi connectivity index (χ1v) is 12.6. The molecule has 2 heterocycles. The molecule has 0 aromatic heterocycles. The largest absolute Gasteiger partial charge is 0.325 e. The standard InChI is InChI=1S/C28H36N4O3/c1-28(2,3)22-12-10-20(11-13-22)25(33)29-23-8-4-5-9-24(23)30-26(34)21-14-18-32(19-15-21)27(35)31-16-6-7-17-31/h4-5,8-13,21H,6-7,14-19H2,1-3H3,(H,29,33)(H,30,34). The number of nitrogens with one attached hydrogen (secondary N) is 2. The van der Waals surface area contributed by atoms with Crippen molar-refractivity contribution < 1.29 is 14.4 Å². The fourth-order valence-electron chi connectivity index (χ4n) is 4.69. The Kier molecular flexibility index (Phi) is 7.43. The summed E-state index contributed by atoms with van der Waals surface area (Å²) < 4.78 is 0. The summed E-state index contributed by atoms with van der Waals surface area (Å²) in [5, 5.41) is 5.93. The van der Waals surface area contributed by atoms with Crippen molar-refractivity contribution in [2.45, 2.75) is 51.9 Å². The highest BCUT2D eigenvalue weighted by molar-refractivity contribution is 6.07. The number of likely N-dealkylation sites (tertiary alicyclic amines) is 2. The van der Waals surface area contributed by atoms with E-state index in [1.165, 1.54) is 0 Å². The maximum atomic E-state index is 13.0. The van der Waals surface area contributed by atoms with Crippen LogP contribution in [0, 0.1) is 5.92 Å². The average molecular weight is 477 g/mol. The van der Waals surface area contributed by atoms with Crippen LogP contribution in [-0.2, 0) is 10.2 Å². The lowest BCUT2D eigenvalue weighted by Gasteiger charge is -2.34. The zero-order valence-electron chi connectivity index (χ0n) is 21.0. The molecule has 0 bridgehead atoms. The van der Waals surface area contributed by atoms with Crippen molar-refractivity contribution in [2.75, 3.05) is 36.8 Å². The van der Waals surface area contributed by atoms with Crippen molar-refractivity contribution >= 4 is 29.2 Å². The van der Waals surface area contributed by atoms with Crippen LogP contribution >= 0.6 is 0 Å². The first-order chi connectivity index (χ1) is 16.7. The molecule has 2 saturated heterocycles. The summed E-state index contributed by atoms with van der Waals surface area (Å²) in [7, 11) is 0. The molecule has 2 aromatic carbocycles. The average Bonchev–Trinajstić information content (AvgIpc) is 3.39. The number of carbonyl (C=O) groups excluding carboxylic acids is 3. The van der Waals surface area contributed by atoms with E-state index in [0.717, 1.165) is 31.5 Å². The molecular formula is C28H36N4O3. The second kappa shape index (κ2) is 10.5. The molecule has 0 radical (unpaired) electrons. The molecule has 0 aliphatic carbocycles. The second-order valence-electron chi connectivity index (χ2n) is 10.6. The predicted octanol–water partition coefficient (Wildman–Crippen LogP) is 5.10. The van der Waals surface area contributed by atoms with Crippen LogP contribution in [-0.4, -0.2) is 53.8 Å². The van der Waals surface area contributed by atoms with Crippen LogP contribution < -0.4 is 10.6 Å². The lowest BCUT2D eigenvalue weighted by molar-refractivity contribution is -0.121. The van der Waals surface area contributed by atoms with Crippen molar-refractivity contribution in [2.24, 2.45) is 5.92 Å².